The Morgan fingerprint density at radius 3 is 2.77 bits per heavy atom. The van der Waals surface area contributed by atoms with E-state index in [1.807, 2.05) is 0 Å². The summed E-state index contributed by atoms with van der Waals surface area (Å²) >= 11 is 6.13. The van der Waals surface area contributed by atoms with E-state index in [1.165, 1.54) is 4.90 Å². The Balaban J connectivity index is 1.96. The molecule has 0 unspecified atom stereocenters. The number of carbonyl (C=O) groups excluding carboxylic acids is 1. The van der Waals surface area contributed by atoms with Crippen molar-refractivity contribution in [2.75, 3.05) is 26.8 Å². The largest absolute Gasteiger partial charge is 0.486 e. The number of fused-ring (bicyclic) bond motifs is 1. The highest BCUT2D eigenvalue weighted by Gasteiger charge is 2.18. The Kier molecular flexibility index (Phi) is 5.49. The van der Waals surface area contributed by atoms with E-state index >= 15 is 0 Å². The maximum absolute atomic E-state index is 12.1. The third kappa shape index (κ3) is 4.27. The summed E-state index contributed by atoms with van der Waals surface area (Å²) in [6, 6.07) is 3.45. The number of nitrogens with zero attached hydrogens (tertiary/aromatic N) is 1. The molecule has 0 radical (unpaired) electrons. The topological polar surface area (TPSA) is 76.1 Å². The van der Waals surface area contributed by atoms with E-state index in [-0.39, 0.29) is 18.7 Å². The molecule has 0 atom stereocenters. The molecule has 0 spiro atoms. The Morgan fingerprint density at radius 1 is 1.32 bits per heavy atom. The molecule has 1 heterocycles. The number of amides is 1. The van der Waals surface area contributed by atoms with Gasteiger partial charge in [0, 0.05) is 20.0 Å². The Bertz CT molecular complexity index is 575. The number of carboxylic acids is 1. The van der Waals surface area contributed by atoms with Crippen LogP contribution in [0, 0.1) is 0 Å². The molecule has 1 aromatic carbocycles. The van der Waals surface area contributed by atoms with Gasteiger partial charge in [0.1, 0.15) is 13.2 Å². The molecule has 0 fully saturated rings. The van der Waals surface area contributed by atoms with Crippen molar-refractivity contribution in [1.82, 2.24) is 4.90 Å². The van der Waals surface area contributed by atoms with E-state index in [9.17, 15) is 9.59 Å². The third-order valence-electron chi connectivity index (χ3n) is 3.32. The molecule has 1 aromatic rings. The first kappa shape index (κ1) is 16.4. The van der Waals surface area contributed by atoms with Gasteiger partial charge in [-0.2, -0.15) is 0 Å². The summed E-state index contributed by atoms with van der Waals surface area (Å²) in [7, 11) is 1.66. The van der Waals surface area contributed by atoms with Gasteiger partial charge in [-0.25, -0.2) is 0 Å². The number of aliphatic carboxylic acids is 1. The number of ether oxygens (including phenoxy) is 2. The molecule has 120 valence electrons. The molecule has 0 saturated heterocycles. The van der Waals surface area contributed by atoms with Crippen LogP contribution in [0.3, 0.4) is 0 Å². The summed E-state index contributed by atoms with van der Waals surface area (Å²) < 4.78 is 10.9. The zero-order valence-corrected chi connectivity index (χ0v) is 13.1. The average Bonchev–Trinajstić information content (AvgIpc) is 2.46. The molecule has 22 heavy (non-hydrogen) atoms. The molecule has 1 amide bonds. The van der Waals surface area contributed by atoms with Crippen molar-refractivity contribution in [1.29, 1.82) is 0 Å². The van der Waals surface area contributed by atoms with E-state index in [4.69, 9.17) is 26.2 Å². The quantitative estimate of drug-likeness (QED) is 0.864. The Morgan fingerprint density at radius 2 is 2.05 bits per heavy atom. The van der Waals surface area contributed by atoms with Gasteiger partial charge in [0.05, 0.1) is 11.4 Å². The number of halogens is 1. The number of likely N-dealkylation sites (N-methyl/N-ethyl adjacent to an activating group) is 1. The van der Waals surface area contributed by atoms with Crippen LogP contribution in [0.15, 0.2) is 12.1 Å². The molecule has 6 nitrogen and oxygen atoms in total. The summed E-state index contributed by atoms with van der Waals surface area (Å²) in [6.45, 7) is 1.32. The van der Waals surface area contributed by atoms with Crippen molar-refractivity contribution >= 4 is 23.5 Å². The van der Waals surface area contributed by atoms with Gasteiger partial charge in [-0.1, -0.05) is 11.6 Å². The zero-order chi connectivity index (χ0) is 16.1. The van der Waals surface area contributed by atoms with Crippen molar-refractivity contribution in [2.24, 2.45) is 0 Å². The highest BCUT2D eigenvalue weighted by Crippen LogP contribution is 2.38. The van der Waals surface area contributed by atoms with Crippen LogP contribution in [0.1, 0.15) is 18.4 Å². The van der Waals surface area contributed by atoms with E-state index in [0.717, 1.165) is 5.56 Å². The molecule has 0 bridgehead atoms. The van der Waals surface area contributed by atoms with E-state index < -0.39 is 5.97 Å². The summed E-state index contributed by atoms with van der Waals surface area (Å²) in [5, 5.41) is 9.02. The molecule has 0 saturated carbocycles. The van der Waals surface area contributed by atoms with Crippen LogP contribution in [0.4, 0.5) is 0 Å². The molecular formula is C15H18ClNO5. The van der Waals surface area contributed by atoms with Gasteiger partial charge in [0.15, 0.2) is 11.5 Å². The van der Waals surface area contributed by atoms with E-state index in [0.29, 0.717) is 42.7 Å². The highest BCUT2D eigenvalue weighted by atomic mass is 35.5. The van der Waals surface area contributed by atoms with Gasteiger partial charge in [0.25, 0.3) is 0 Å². The van der Waals surface area contributed by atoms with Crippen LogP contribution in [-0.2, 0) is 16.0 Å². The summed E-state index contributed by atoms with van der Waals surface area (Å²) in [5.74, 6) is 0.103. The van der Waals surface area contributed by atoms with Gasteiger partial charge in [-0.3, -0.25) is 9.59 Å². The predicted molar refractivity (Wildman–Crippen MR) is 80.7 cm³/mol. The van der Waals surface area contributed by atoms with Crippen molar-refractivity contribution in [3.63, 3.8) is 0 Å². The van der Waals surface area contributed by atoms with Crippen LogP contribution < -0.4 is 9.47 Å². The fourth-order valence-corrected chi connectivity index (χ4v) is 2.46. The van der Waals surface area contributed by atoms with Gasteiger partial charge in [-0.05, 0) is 24.1 Å². The zero-order valence-electron chi connectivity index (χ0n) is 12.3. The van der Waals surface area contributed by atoms with Crippen molar-refractivity contribution < 1.29 is 24.2 Å². The van der Waals surface area contributed by atoms with E-state index in [2.05, 4.69) is 0 Å². The van der Waals surface area contributed by atoms with Crippen LogP contribution in [-0.4, -0.2) is 48.7 Å². The predicted octanol–water partition coefficient (Wildman–Crippen LogP) is 1.98. The normalized spacial score (nSPS) is 12.8. The molecule has 2 rings (SSSR count). The SMILES string of the molecule is CN(CCCC(=O)O)C(=O)Cc1cc(Cl)c2c(c1)OCCO2. The van der Waals surface area contributed by atoms with E-state index in [1.54, 1.807) is 19.2 Å². The number of hydrogen-bond acceptors (Lipinski definition) is 4. The third-order valence-corrected chi connectivity index (χ3v) is 3.60. The number of carboxylic acid groups (broad SMARTS) is 1. The smallest absolute Gasteiger partial charge is 0.303 e. The van der Waals surface area contributed by atoms with Gasteiger partial charge >= 0.3 is 5.97 Å². The average molecular weight is 328 g/mol. The van der Waals surface area contributed by atoms with Gasteiger partial charge in [0.2, 0.25) is 5.91 Å². The van der Waals surface area contributed by atoms with Gasteiger partial charge < -0.3 is 19.5 Å². The minimum Gasteiger partial charge on any atom is -0.486 e. The number of carbonyl (C=O) groups is 2. The molecular weight excluding hydrogens is 310 g/mol. The minimum atomic E-state index is -0.862. The second kappa shape index (κ2) is 7.35. The maximum Gasteiger partial charge on any atom is 0.303 e. The van der Waals surface area contributed by atoms with Crippen molar-refractivity contribution in [3.8, 4) is 11.5 Å². The van der Waals surface area contributed by atoms with Crippen molar-refractivity contribution in [2.45, 2.75) is 19.3 Å². The van der Waals surface area contributed by atoms with Crippen LogP contribution in [0.5, 0.6) is 11.5 Å². The van der Waals surface area contributed by atoms with Gasteiger partial charge in [-0.15, -0.1) is 0 Å². The maximum atomic E-state index is 12.1. The first-order chi connectivity index (χ1) is 10.5. The highest BCUT2D eigenvalue weighted by molar-refractivity contribution is 6.32. The monoisotopic (exact) mass is 327 g/mol. The molecule has 0 aromatic heterocycles. The lowest BCUT2D eigenvalue weighted by Gasteiger charge is -2.21. The standard InChI is InChI=1S/C15H18ClNO5/c1-17(4-2-3-14(19)20)13(18)9-10-7-11(16)15-12(8-10)21-5-6-22-15/h7-8H,2-6,9H2,1H3,(H,19,20). The fraction of sp³-hybridized carbons (Fsp3) is 0.467. The molecule has 0 aliphatic carbocycles. The number of rotatable bonds is 6. The van der Waals surface area contributed by atoms with Crippen LogP contribution in [0.2, 0.25) is 5.02 Å². The summed E-state index contributed by atoms with van der Waals surface area (Å²) in [4.78, 5) is 24.1. The first-order valence-corrected chi connectivity index (χ1v) is 7.39. The summed E-state index contributed by atoms with van der Waals surface area (Å²) in [6.07, 6.45) is 0.660. The lowest BCUT2D eigenvalue weighted by molar-refractivity contribution is -0.138. The molecule has 7 heteroatoms. The number of hydrogen-bond donors (Lipinski definition) is 1. The second-order valence-electron chi connectivity index (χ2n) is 5.09. The van der Waals surface area contributed by atoms with Crippen LogP contribution in [0.25, 0.3) is 0 Å². The molecule has 1 aliphatic heterocycles. The summed E-state index contributed by atoms with van der Waals surface area (Å²) in [5.41, 5.74) is 0.740. The Labute approximate surface area is 133 Å². The molecule has 1 N–H and O–H groups in total. The lowest BCUT2D eigenvalue weighted by atomic mass is 10.1. The fourth-order valence-electron chi connectivity index (χ4n) is 2.17. The second-order valence-corrected chi connectivity index (χ2v) is 5.50. The molecule has 1 aliphatic rings. The number of benzene rings is 1. The van der Waals surface area contributed by atoms with Crippen LogP contribution >= 0.6 is 11.6 Å². The van der Waals surface area contributed by atoms with Crippen molar-refractivity contribution in [3.05, 3.63) is 22.7 Å². The first-order valence-electron chi connectivity index (χ1n) is 7.01. The lowest BCUT2D eigenvalue weighted by Crippen LogP contribution is -2.29. The Hall–Kier alpha value is -1.95. The minimum absolute atomic E-state index is 0.0491.